The molecule has 1 heterocycles. The zero-order chi connectivity index (χ0) is 13.9. The van der Waals surface area contributed by atoms with Crippen LogP contribution in [0.15, 0.2) is 16.7 Å². The van der Waals surface area contributed by atoms with Crippen molar-refractivity contribution in [2.75, 3.05) is 13.6 Å². The lowest BCUT2D eigenvalue weighted by Gasteiger charge is -2.19. The Bertz CT molecular complexity index is 428. The minimum absolute atomic E-state index is 0.260. The van der Waals surface area contributed by atoms with Crippen LogP contribution in [0.4, 0.5) is 13.2 Å². The molecule has 1 aromatic rings. The van der Waals surface area contributed by atoms with Gasteiger partial charge in [-0.25, -0.2) is 0 Å². The third kappa shape index (κ3) is 4.04. The van der Waals surface area contributed by atoms with Crippen molar-refractivity contribution in [2.45, 2.75) is 26.1 Å². The van der Waals surface area contributed by atoms with Crippen LogP contribution in [0.1, 0.15) is 23.8 Å². The summed E-state index contributed by atoms with van der Waals surface area (Å²) in [6, 6.07) is 1.53. The second-order valence-corrected chi connectivity index (χ2v) is 4.93. The monoisotopic (exact) mass is 326 g/mol. The van der Waals surface area contributed by atoms with Gasteiger partial charge in [-0.3, -0.25) is 4.79 Å². The maximum atomic E-state index is 12.2. The van der Waals surface area contributed by atoms with Crippen LogP contribution in [0.3, 0.4) is 0 Å². The average molecular weight is 327 g/mol. The Morgan fingerprint density at radius 1 is 1.50 bits per heavy atom. The van der Waals surface area contributed by atoms with E-state index in [0.29, 0.717) is 15.9 Å². The molecule has 0 bridgehead atoms. The molecule has 0 unspecified atom stereocenters. The molecule has 1 amide bonds. The van der Waals surface area contributed by atoms with E-state index in [1.807, 2.05) is 6.92 Å². The summed E-state index contributed by atoms with van der Waals surface area (Å²) in [7, 11) is 1.15. The van der Waals surface area contributed by atoms with E-state index in [0.717, 1.165) is 13.5 Å². The highest BCUT2D eigenvalue weighted by Crippen LogP contribution is 2.20. The lowest BCUT2D eigenvalue weighted by atomic mass is 10.3. The number of nitrogens with zero attached hydrogens (tertiary/aromatic N) is 2. The van der Waals surface area contributed by atoms with E-state index in [4.69, 9.17) is 0 Å². The maximum Gasteiger partial charge on any atom is 0.406 e. The first-order valence-electron chi connectivity index (χ1n) is 5.42. The van der Waals surface area contributed by atoms with Crippen molar-refractivity contribution in [3.8, 4) is 0 Å². The van der Waals surface area contributed by atoms with Crippen LogP contribution in [-0.2, 0) is 6.54 Å². The van der Waals surface area contributed by atoms with Gasteiger partial charge in [0.2, 0.25) is 0 Å². The Kier molecular flexibility index (Phi) is 4.84. The first-order valence-corrected chi connectivity index (χ1v) is 6.21. The number of amides is 1. The van der Waals surface area contributed by atoms with Crippen LogP contribution in [0.2, 0.25) is 0 Å². The molecule has 0 N–H and O–H groups in total. The van der Waals surface area contributed by atoms with Crippen LogP contribution in [0.5, 0.6) is 0 Å². The fourth-order valence-corrected chi connectivity index (χ4v) is 2.08. The fraction of sp³-hybridized carbons (Fsp3) is 0.545. The third-order valence-electron chi connectivity index (χ3n) is 2.31. The summed E-state index contributed by atoms with van der Waals surface area (Å²) in [5.41, 5.74) is 0.260. The summed E-state index contributed by atoms with van der Waals surface area (Å²) in [6.07, 6.45) is -1.90. The first kappa shape index (κ1) is 15.1. The van der Waals surface area contributed by atoms with E-state index in [1.54, 1.807) is 10.8 Å². The van der Waals surface area contributed by atoms with Gasteiger partial charge in [-0.1, -0.05) is 6.92 Å². The van der Waals surface area contributed by atoms with Gasteiger partial charge < -0.3 is 9.47 Å². The Morgan fingerprint density at radius 3 is 2.61 bits per heavy atom. The van der Waals surface area contributed by atoms with Crippen molar-refractivity contribution in [3.63, 3.8) is 0 Å². The van der Waals surface area contributed by atoms with E-state index < -0.39 is 18.6 Å². The van der Waals surface area contributed by atoms with Gasteiger partial charge in [0.05, 0.1) is 0 Å². The molecular weight excluding hydrogens is 313 g/mol. The van der Waals surface area contributed by atoms with E-state index >= 15 is 0 Å². The predicted molar refractivity (Wildman–Crippen MR) is 65.4 cm³/mol. The van der Waals surface area contributed by atoms with Gasteiger partial charge in [0.15, 0.2) is 0 Å². The molecule has 1 rings (SSSR count). The summed E-state index contributed by atoms with van der Waals surface area (Å²) >= 11 is 3.22. The highest BCUT2D eigenvalue weighted by atomic mass is 79.9. The van der Waals surface area contributed by atoms with Crippen molar-refractivity contribution >= 4 is 21.8 Å². The molecule has 0 saturated heterocycles. The maximum absolute atomic E-state index is 12.2. The van der Waals surface area contributed by atoms with Gasteiger partial charge >= 0.3 is 6.18 Å². The van der Waals surface area contributed by atoms with E-state index in [1.165, 1.54) is 6.07 Å². The van der Waals surface area contributed by atoms with Crippen LogP contribution in [0, 0.1) is 0 Å². The number of alkyl halides is 3. The van der Waals surface area contributed by atoms with Crippen molar-refractivity contribution < 1.29 is 18.0 Å². The highest BCUT2D eigenvalue weighted by Gasteiger charge is 2.32. The Morgan fingerprint density at radius 2 is 2.11 bits per heavy atom. The zero-order valence-electron chi connectivity index (χ0n) is 10.1. The molecule has 0 saturated carbocycles. The number of carbonyl (C=O) groups excluding carboxylic acids is 1. The quantitative estimate of drug-likeness (QED) is 0.833. The standard InChI is InChI=1S/C11H14BrF3N2O/c1-3-4-17-6-8(12)5-9(17)10(18)16(2)7-11(13,14)15/h5-6H,3-4,7H2,1-2H3. The Balaban J connectivity index is 2.89. The lowest BCUT2D eigenvalue weighted by molar-refractivity contribution is -0.138. The first-order chi connectivity index (χ1) is 8.24. The molecule has 0 aromatic carbocycles. The topological polar surface area (TPSA) is 25.2 Å². The number of carbonyl (C=O) groups is 1. The molecular formula is C11H14BrF3N2O. The number of halogens is 4. The number of hydrogen-bond acceptors (Lipinski definition) is 1. The van der Waals surface area contributed by atoms with Crippen molar-refractivity contribution in [1.82, 2.24) is 9.47 Å². The second-order valence-electron chi connectivity index (χ2n) is 4.01. The smallest absolute Gasteiger partial charge is 0.342 e. The van der Waals surface area contributed by atoms with Crippen LogP contribution in [-0.4, -0.2) is 35.1 Å². The predicted octanol–water partition coefficient (Wildman–Crippen LogP) is 3.29. The summed E-state index contributed by atoms with van der Waals surface area (Å²) < 4.78 is 39.0. The molecule has 3 nitrogen and oxygen atoms in total. The van der Waals surface area contributed by atoms with Gasteiger partial charge in [-0.2, -0.15) is 13.2 Å². The molecule has 0 aliphatic carbocycles. The van der Waals surface area contributed by atoms with E-state index in [2.05, 4.69) is 15.9 Å². The highest BCUT2D eigenvalue weighted by molar-refractivity contribution is 9.10. The van der Waals surface area contributed by atoms with Crippen LogP contribution < -0.4 is 0 Å². The van der Waals surface area contributed by atoms with Crippen molar-refractivity contribution in [3.05, 3.63) is 22.4 Å². The number of hydrogen-bond donors (Lipinski definition) is 0. The molecule has 0 spiro atoms. The minimum Gasteiger partial charge on any atom is -0.342 e. The molecule has 0 aliphatic rings. The molecule has 18 heavy (non-hydrogen) atoms. The SMILES string of the molecule is CCCn1cc(Br)cc1C(=O)N(C)CC(F)(F)F. The van der Waals surface area contributed by atoms with E-state index in [9.17, 15) is 18.0 Å². The van der Waals surface area contributed by atoms with Gasteiger partial charge in [0.25, 0.3) is 5.91 Å². The molecule has 0 aliphatic heterocycles. The van der Waals surface area contributed by atoms with Gasteiger partial charge in [0, 0.05) is 24.3 Å². The summed E-state index contributed by atoms with van der Waals surface area (Å²) in [6.45, 7) is 1.27. The summed E-state index contributed by atoms with van der Waals surface area (Å²) in [5, 5.41) is 0. The Labute approximate surface area is 112 Å². The molecule has 0 fully saturated rings. The largest absolute Gasteiger partial charge is 0.406 e. The number of rotatable bonds is 4. The van der Waals surface area contributed by atoms with Crippen LogP contribution >= 0.6 is 15.9 Å². The van der Waals surface area contributed by atoms with Crippen molar-refractivity contribution in [1.29, 1.82) is 0 Å². The normalized spacial score (nSPS) is 11.7. The third-order valence-corrected chi connectivity index (χ3v) is 2.74. The zero-order valence-corrected chi connectivity index (χ0v) is 11.7. The Hall–Kier alpha value is -0.980. The lowest BCUT2D eigenvalue weighted by Crippen LogP contribution is -2.36. The summed E-state index contributed by atoms with van der Waals surface area (Å²) in [5.74, 6) is -0.633. The molecule has 102 valence electrons. The second kappa shape index (κ2) is 5.77. The van der Waals surface area contributed by atoms with Crippen molar-refractivity contribution in [2.24, 2.45) is 0 Å². The molecule has 0 atom stereocenters. The van der Waals surface area contributed by atoms with E-state index in [-0.39, 0.29) is 5.69 Å². The molecule has 7 heteroatoms. The fourth-order valence-electron chi connectivity index (χ4n) is 1.62. The van der Waals surface area contributed by atoms with Gasteiger partial charge in [-0.05, 0) is 28.4 Å². The van der Waals surface area contributed by atoms with Gasteiger partial charge in [0.1, 0.15) is 12.2 Å². The van der Waals surface area contributed by atoms with Gasteiger partial charge in [-0.15, -0.1) is 0 Å². The molecule has 1 aromatic heterocycles. The average Bonchev–Trinajstić information content (AvgIpc) is 2.56. The molecule has 0 radical (unpaired) electrons. The summed E-state index contributed by atoms with van der Waals surface area (Å²) in [4.78, 5) is 12.6. The number of aryl methyl sites for hydroxylation is 1. The number of aromatic nitrogens is 1. The van der Waals surface area contributed by atoms with Crippen LogP contribution in [0.25, 0.3) is 0 Å². The minimum atomic E-state index is -4.39.